The fourth-order valence-electron chi connectivity index (χ4n) is 2.89. The van der Waals surface area contributed by atoms with Crippen molar-refractivity contribution in [3.8, 4) is 0 Å². The van der Waals surface area contributed by atoms with E-state index in [9.17, 15) is 17.6 Å². The predicted octanol–water partition coefficient (Wildman–Crippen LogP) is 2.33. The number of hydrogen-bond donors (Lipinski definition) is 2. The second-order valence-corrected chi connectivity index (χ2v) is 8.25. The fourth-order valence-corrected chi connectivity index (χ4v) is 5.02. The molecule has 0 aliphatic carbocycles. The van der Waals surface area contributed by atoms with Crippen LogP contribution in [-0.2, 0) is 14.8 Å². The lowest BCUT2D eigenvalue weighted by Crippen LogP contribution is -2.51. The first-order valence-electron chi connectivity index (χ1n) is 7.68. The number of rotatable bonds is 4. The molecule has 2 unspecified atom stereocenters. The van der Waals surface area contributed by atoms with Gasteiger partial charge in [-0.15, -0.1) is 0 Å². The van der Waals surface area contributed by atoms with Gasteiger partial charge in [0.25, 0.3) is 0 Å². The summed E-state index contributed by atoms with van der Waals surface area (Å²) in [6.45, 7) is 3.28. The van der Waals surface area contributed by atoms with Crippen molar-refractivity contribution in [1.29, 1.82) is 0 Å². The van der Waals surface area contributed by atoms with Crippen LogP contribution in [0.5, 0.6) is 0 Å². The number of anilines is 1. The topological polar surface area (TPSA) is 92.5 Å². The number of amides is 1. The van der Waals surface area contributed by atoms with E-state index >= 15 is 0 Å². The zero-order valence-electron chi connectivity index (χ0n) is 13.6. The number of sulfonamides is 1. The van der Waals surface area contributed by atoms with Gasteiger partial charge in [0.1, 0.15) is 10.7 Å². The van der Waals surface area contributed by atoms with E-state index in [1.807, 2.05) is 0 Å². The Hall–Kier alpha value is -1.22. The molecule has 1 fully saturated rings. The molecule has 1 heterocycles. The van der Waals surface area contributed by atoms with Crippen LogP contribution in [0.15, 0.2) is 17.0 Å². The molecule has 0 aromatic heterocycles. The number of carbonyl (C=O) groups excluding carboxylic acids is 1. The first-order chi connectivity index (χ1) is 11.1. The monoisotopic (exact) mass is 377 g/mol. The van der Waals surface area contributed by atoms with Crippen LogP contribution in [0.3, 0.4) is 0 Å². The van der Waals surface area contributed by atoms with Gasteiger partial charge < -0.3 is 11.1 Å². The van der Waals surface area contributed by atoms with Crippen molar-refractivity contribution in [3.05, 3.63) is 23.0 Å². The van der Waals surface area contributed by atoms with E-state index in [1.54, 1.807) is 6.92 Å². The Morgan fingerprint density at radius 2 is 2.12 bits per heavy atom. The van der Waals surface area contributed by atoms with Crippen molar-refractivity contribution in [3.63, 3.8) is 0 Å². The molecule has 0 radical (unpaired) electrons. The number of carbonyl (C=O) groups is 1. The molecule has 2 atom stereocenters. The van der Waals surface area contributed by atoms with E-state index in [0.717, 1.165) is 18.6 Å². The highest BCUT2D eigenvalue weighted by atomic mass is 35.5. The predicted molar refractivity (Wildman–Crippen MR) is 90.9 cm³/mol. The van der Waals surface area contributed by atoms with Gasteiger partial charge >= 0.3 is 0 Å². The lowest BCUT2D eigenvalue weighted by molar-refractivity contribution is -0.114. The number of hydrogen-bond acceptors (Lipinski definition) is 4. The fraction of sp³-hybridized carbons (Fsp3) is 0.533. The number of nitrogens with zero attached hydrogens (tertiary/aromatic N) is 1. The molecule has 6 nitrogen and oxygen atoms in total. The van der Waals surface area contributed by atoms with Crippen LogP contribution in [0.25, 0.3) is 0 Å². The van der Waals surface area contributed by atoms with Gasteiger partial charge in [0, 0.05) is 31.6 Å². The number of nitrogens with one attached hydrogen (secondary N) is 1. The summed E-state index contributed by atoms with van der Waals surface area (Å²) in [6, 6.07) is 1.21. The van der Waals surface area contributed by atoms with E-state index in [1.165, 1.54) is 11.2 Å². The number of benzene rings is 1. The van der Waals surface area contributed by atoms with Gasteiger partial charge in [0.15, 0.2) is 0 Å². The maximum atomic E-state index is 14.4. The summed E-state index contributed by atoms with van der Waals surface area (Å²) in [6.07, 6.45) is 2.21. The molecule has 134 valence electrons. The van der Waals surface area contributed by atoms with Gasteiger partial charge in [-0.3, -0.25) is 4.79 Å². The van der Waals surface area contributed by atoms with Crippen LogP contribution in [0.1, 0.15) is 33.1 Å². The lowest BCUT2D eigenvalue weighted by atomic mass is 10.00. The summed E-state index contributed by atoms with van der Waals surface area (Å²) in [5, 5.41) is 2.32. The van der Waals surface area contributed by atoms with Crippen LogP contribution in [0.2, 0.25) is 5.02 Å². The van der Waals surface area contributed by atoms with Crippen LogP contribution in [0, 0.1) is 5.82 Å². The van der Waals surface area contributed by atoms with Crippen molar-refractivity contribution in [2.75, 3.05) is 11.9 Å². The van der Waals surface area contributed by atoms with E-state index in [0.29, 0.717) is 19.4 Å². The van der Waals surface area contributed by atoms with E-state index in [-0.39, 0.29) is 22.8 Å². The minimum atomic E-state index is -4.07. The van der Waals surface area contributed by atoms with Gasteiger partial charge in [-0.1, -0.05) is 18.0 Å². The molecular weight excluding hydrogens is 357 g/mol. The maximum Gasteiger partial charge on any atom is 0.246 e. The quantitative estimate of drug-likeness (QED) is 0.842. The minimum Gasteiger partial charge on any atom is -0.326 e. The summed E-state index contributed by atoms with van der Waals surface area (Å²) >= 11 is 6.00. The molecule has 24 heavy (non-hydrogen) atoms. The largest absolute Gasteiger partial charge is 0.326 e. The zero-order valence-corrected chi connectivity index (χ0v) is 15.1. The maximum absolute atomic E-state index is 14.4. The molecule has 0 spiro atoms. The van der Waals surface area contributed by atoms with Crippen LogP contribution < -0.4 is 11.1 Å². The van der Waals surface area contributed by atoms with E-state index in [4.69, 9.17) is 17.3 Å². The Morgan fingerprint density at radius 1 is 1.46 bits per heavy atom. The van der Waals surface area contributed by atoms with Gasteiger partial charge in [-0.25, -0.2) is 12.8 Å². The Labute approximate surface area is 146 Å². The molecule has 1 aliphatic heterocycles. The summed E-state index contributed by atoms with van der Waals surface area (Å²) in [7, 11) is -4.07. The average molecular weight is 378 g/mol. The second kappa shape index (κ2) is 7.35. The summed E-state index contributed by atoms with van der Waals surface area (Å²) < 4.78 is 41.5. The van der Waals surface area contributed by atoms with E-state index in [2.05, 4.69) is 5.32 Å². The van der Waals surface area contributed by atoms with E-state index < -0.39 is 26.6 Å². The van der Waals surface area contributed by atoms with Crippen LogP contribution in [0.4, 0.5) is 10.1 Å². The molecule has 0 saturated carbocycles. The molecule has 0 bridgehead atoms. The SMILES string of the molecule is CC(=O)Nc1cc(F)c(S(=O)(=O)N2CCCCC2C(C)N)cc1Cl. The standard InChI is InChI=1S/C15H21ClFN3O3S/c1-9(18)14-5-3-4-6-20(14)24(22,23)15-7-11(16)13(8-12(15)17)19-10(2)21/h7-9,14H,3-6,18H2,1-2H3,(H,19,21). The number of nitrogens with two attached hydrogens (primary N) is 1. The third-order valence-corrected chi connectivity index (χ3v) is 6.28. The van der Waals surface area contributed by atoms with Crippen molar-refractivity contribution >= 4 is 33.2 Å². The molecule has 1 aromatic carbocycles. The number of piperidine rings is 1. The van der Waals surface area contributed by atoms with Gasteiger partial charge in [0.05, 0.1) is 10.7 Å². The lowest BCUT2D eigenvalue weighted by Gasteiger charge is -2.37. The van der Waals surface area contributed by atoms with Gasteiger partial charge in [-0.05, 0) is 25.8 Å². The third-order valence-electron chi connectivity index (χ3n) is 4.02. The molecule has 9 heteroatoms. The molecule has 2 rings (SSSR count). The molecule has 1 aliphatic rings. The highest BCUT2D eigenvalue weighted by Crippen LogP contribution is 2.32. The van der Waals surface area contributed by atoms with Crippen LogP contribution >= 0.6 is 11.6 Å². The highest BCUT2D eigenvalue weighted by Gasteiger charge is 2.37. The number of halogens is 2. The Balaban J connectivity index is 2.45. The minimum absolute atomic E-state index is 0.0306. The van der Waals surface area contributed by atoms with Crippen molar-refractivity contribution in [2.24, 2.45) is 5.73 Å². The highest BCUT2D eigenvalue weighted by molar-refractivity contribution is 7.89. The zero-order chi connectivity index (χ0) is 18.1. The molecule has 1 saturated heterocycles. The normalized spacial score (nSPS) is 20.6. The molecule has 3 N–H and O–H groups in total. The molecule has 1 aromatic rings. The summed E-state index contributed by atoms with van der Waals surface area (Å²) in [4.78, 5) is 10.6. The van der Waals surface area contributed by atoms with Crippen molar-refractivity contribution < 1.29 is 17.6 Å². The van der Waals surface area contributed by atoms with Gasteiger partial charge in [0.2, 0.25) is 15.9 Å². The molecule has 1 amide bonds. The Bertz CT molecular complexity index is 740. The Kier molecular flexibility index (Phi) is 5.85. The third kappa shape index (κ3) is 3.88. The Morgan fingerprint density at radius 3 is 2.71 bits per heavy atom. The average Bonchev–Trinajstić information content (AvgIpc) is 2.49. The summed E-state index contributed by atoms with van der Waals surface area (Å²) in [5.41, 5.74) is 5.94. The first kappa shape index (κ1) is 19.1. The van der Waals surface area contributed by atoms with Crippen molar-refractivity contribution in [1.82, 2.24) is 4.31 Å². The smallest absolute Gasteiger partial charge is 0.246 e. The summed E-state index contributed by atoms with van der Waals surface area (Å²) in [5.74, 6) is -1.39. The van der Waals surface area contributed by atoms with Gasteiger partial charge in [-0.2, -0.15) is 4.31 Å². The van der Waals surface area contributed by atoms with Crippen molar-refractivity contribution in [2.45, 2.75) is 50.1 Å². The second-order valence-electron chi connectivity index (χ2n) is 5.98. The first-order valence-corrected chi connectivity index (χ1v) is 9.50. The molecular formula is C15H21ClFN3O3S. The van der Waals surface area contributed by atoms with Crippen LogP contribution in [-0.4, -0.2) is 37.3 Å².